The number of hydrogen-bond donors (Lipinski definition) is 2. The van der Waals surface area contributed by atoms with Crippen LogP contribution < -0.4 is 10.6 Å². The summed E-state index contributed by atoms with van der Waals surface area (Å²) in [5.41, 5.74) is -2.23. The molecule has 23 heavy (non-hydrogen) atoms. The smallest absolute Gasteiger partial charge is 0.352 e. The number of halogens is 4. The van der Waals surface area contributed by atoms with Crippen LogP contribution in [0.2, 0.25) is 5.02 Å². The number of alkyl halides is 3. The predicted molar refractivity (Wildman–Crippen MR) is 77.9 cm³/mol. The maximum absolute atomic E-state index is 12.7. The Morgan fingerprint density at radius 3 is 2.35 bits per heavy atom. The lowest BCUT2D eigenvalue weighted by Gasteiger charge is -2.17. The SMILES string of the molecule is O=C(Nc1cc(C(F)(F)F)ccc1Cl)C1(C(=O)NC2CC2)CC1. The average Bonchev–Trinajstić information content (AvgIpc) is 3.33. The molecule has 0 radical (unpaired) electrons. The van der Waals surface area contributed by atoms with Crippen LogP contribution in [0.1, 0.15) is 31.2 Å². The second-order valence-electron chi connectivity index (χ2n) is 5.98. The molecule has 0 spiro atoms. The fourth-order valence-corrected chi connectivity index (χ4v) is 2.44. The third-order valence-electron chi connectivity index (χ3n) is 4.07. The summed E-state index contributed by atoms with van der Waals surface area (Å²) >= 11 is 5.85. The van der Waals surface area contributed by atoms with Crippen LogP contribution in [0.15, 0.2) is 18.2 Å². The molecule has 2 aliphatic carbocycles. The van der Waals surface area contributed by atoms with Gasteiger partial charge < -0.3 is 10.6 Å². The van der Waals surface area contributed by atoms with E-state index in [0.717, 1.165) is 31.0 Å². The summed E-state index contributed by atoms with van der Waals surface area (Å²) in [4.78, 5) is 24.5. The molecular weight excluding hydrogens is 333 g/mol. The summed E-state index contributed by atoms with van der Waals surface area (Å²) in [5, 5.41) is 5.12. The average molecular weight is 347 g/mol. The third-order valence-corrected chi connectivity index (χ3v) is 4.40. The van der Waals surface area contributed by atoms with E-state index >= 15 is 0 Å². The zero-order valence-electron chi connectivity index (χ0n) is 12.0. The van der Waals surface area contributed by atoms with Crippen LogP contribution in [-0.4, -0.2) is 17.9 Å². The molecule has 2 saturated carbocycles. The van der Waals surface area contributed by atoms with Crippen molar-refractivity contribution in [2.24, 2.45) is 5.41 Å². The van der Waals surface area contributed by atoms with E-state index in [1.54, 1.807) is 0 Å². The Morgan fingerprint density at radius 1 is 1.17 bits per heavy atom. The standard InChI is InChI=1S/C15H14ClF3N2O2/c16-10-4-1-8(15(17,18)19)7-11(10)21-13(23)14(5-6-14)12(22)20-9-2-3-9/h1,4,7,9H,2-3,5-6H2,(H,20,22)(H,21,23). The number of anilines is 1. The van der Waals surface area contributed by atoms with E-state index in [-0.39, 0.29) is 22.7 Å². The molecule has 0 aromatic heterocycles. The molecule has 0 heterocycles. The van der Waals surface area contributed by atoms with Gasteiger partial charge >= 0.3 is 6.18 Å². The molecule has 4 nitrogen and oxygen atoms in total. The molecule has 3 rings (SSSR count). The van der Waals surface area contributed by atoms with Crippen molar-refractivity contribution in [1.29, 1.82) is 0 Å². The van der Waals surface area contributed by atoms with Crippen molar-refractivity contribution < 1.29 is 22.8 Å². The second-order valence-corrected chi connectivity index (χ2v) is 6.38. The molecule has 0 atom stereocenters. The van der Waals surface area contributed by atoms with Gasteiger partial charge in [0.25, 0.3) is 0 Å². The van der Waals surface area contributed by atoms with Gasteiger partial charge in [-0.15, -0.1) is 0 Å². The van der Waals surface area contributed by atoms with Gasteiger partial charge in [0, 0.05) is 6.04 Å². The van der Waals surface area contributed by atoms with Gasteiger partial charge in [-0.3, -0.25) is 9.59 Å². The molecule has 2 aliphatic rings. The monoisotopic (exact) mass is 346 g/mol. The first-order valence-corrected chi connectivity index (χ1v) is 7.59. The summed E-state index contributed by atoms with van der Waals surface area (Å²) in [5.74, 6) is -0.975. The fraction of sp³-hybridized carbons (Fsp3) is 0.467. The fourth-order valence-electron chi connectivity index (χ4n) is 2.27. The zero-order valence-corrected chi connectivity index (χ0v) is 12.7. The van der Waals surface area contributed by atoms with Crippen LogP contribution in [-0.2, 0) is 15.8 Å². The predicted octanol–water partition coefficient (Wildman–Crippen LogP) is 3.36. The highest BCUT2D eigenvalue weighted by Crippen LogP contribution is 2.48. The molecule has 0 bridgehead atoms. The van der Waals surface area contributed by atoms with Crippen molar-refractivity contribution in [3.63, 3.8) is 0 Å². The first-order chi connectivity index (χ1) is 10.7. The number of carbonyl (C=O) groups is 2. The Morgan fingerprint density at radius 2 is 1.83 bits per heavy atom. The largest absolute Gasteiger partial charge is 0.416 e. The van der Waals surface area contributed by atoms with Crippen molar-refractivity contribution in [2.45, 2.75) is 37.9 Å². The van der Waals surface area contributed by atoms with Crippen molar-refractivity contribution in [1.82, 2.24) is 5.32 Å². The van der Waals surface area contributed by atoms with Crippen LogP contribution in [0.5, 0.6) is 0 Å². The maximum atomic E-state index is 12.7. The minimum atomic E-state index is -4.54. The van der Waals surface area contributed by atoms with Gasteiger partial charge in [-0.1, -0.05) is 11.6 Å². The van der Waals surface area contributed by atoms with E-state index in [0.29, 0.717) is 12.8 Å². The Balaban J connectivity index is 1.76. The van der Waals surface area contributed by atoms with Crippen LogP contribution in [0.4, 0.5) is 18.9 Å². The minimum Gasteiger partial charge on any atom is -0.352 e. The Bertz CT molecular complexity index is 667. The lowest BCUT2D eigenvalue weighted by Crippen LogP contribution is -2.40. The molecule has 2 amide bonds. The third kappa shape index (κ3) is 3.29. The quantitative estimate of drug-likeness (QED) is 0.821. The number of benzene rings is 1. The molecule has 2 N–H and O–H groups in total. The van der Waals surface area contributed by atoms with Gasteiger partial charge in [0.2, 0.25) is 11.8 Å². The van der Waals surface area contributed by atoms with E-state index < -0.39 is 23.1 Å². The first kappa shape index (κ1) is 16.1. The molecule has 1 aromatic carbocycles. The van der Waals surface area contributed by atoms with Gasteiger partial charge in [-0.2, -0.15) is 13.2 Å². The van der Waals surface area contributed by atoms with E-state index in [4.69, 9.17) is 11.6 Å². The zero-order chi connectivity index (χ0) is 16.8. The molecule has 2 fully saturated rings. The normalized spacial score (nSPS) is 19.1. The van der Waals surface area contributed by atoms with Gasteiger partial charge in [-0.25, -0.2) is 0 Å². The van der Waals surface area contributed by atoms with E-state index in [1.165, 1.54) is 0 Å². The summed E-state index contributed by atoms with van der Waals surface area (Å²) in [7, 11) is 0. The lowest BCUT2D eigenvalue weighted by molar-refractivity contribution is -0.138. The van der Waals surface area contributed by atoms with E-state index in [9.17, 15) is 22.8 Å². The Hall–Kier alpha value is -1.76. The number of nitrogens with one attached hydrogen (secondary N) is 2. The summed E-state index contributed by atoms with van der Waals surface area (Å²) in [6.07, 6.45) is -1.99. The molecule has 0 saturated heterocycles. The van der Waals surface area contributed by atoms with Crippen LogP contribution in [0.3, 0.4) is 0 Å². The van der Waals surface area contributed by atoms with E-state index in [2.05, 4.69) is 10.6 Å². The molecule has 124 valence electrons. The summed E-state index contributed by atoms with van der Waals surface area (Å²) in [6.45, 7) is 0. The molecule has 0 unspecified atom stereocenters. The van der Waals surface area contributed by atoms with Crippen molar-refractivity contribution in [3.8, 4) is 0 Å². The maximum Gasteiger partial charge on any atom is 0.416 e. The van der Waals surface area contributed by atoms with Gasteiger partial charge in [0.1, 0.15) is 5.41 Å². The topological polar surface area (TPSA) is 58.2 Å². The number of amides is 2. The summed E-state index contributed by atoms with van der Waals surface area (Å²) < 4.78 is 38.2. The highest BCUT2D eigenvalue weighted by atomic mass is 35.5. The second kappa shape index (κ2) is 5.40. The van der Waals surface area contributed by atoms with Crippen LogP contribution >= 0.6 is 11.6 Å². The minimum absolute atomic E-state index is 0.00949. The van der Waals surface area contributed by atoms with Crippen LogP contribution in [0.25, 0.3) is 0 Å². The van der Waals surface area contributed by atoms with Gasteiger partial charge in [0.15, 0.2) is 0 Å². The van der Waals surface area contributed by atoms with Gasteiger partial charge in [0.05, 0.1) is 16.3 Å². The van der Waals surface area contributed by atoms with Crippen molar-refractivity contribution in [3.05, 3.63) is 28.8 Å². The Labute approximate surface area is 135 Å². The number of hydrogen-bond acceptors (Lipinski definition) is 2. The number of rotatable bonds is 4. The molecule has 0 aliphatic heterocycles. The highest BCUT2D eigenvalue weighted by molar-refractivity contribution is 6.34. The van der Waals surface area contributed by atoms with Crippen LogP contribution in [0, 0.1) is 5.41 Å². The van der Waals surface area contributed by atoms with E-state index in [1.807, 2.05) is 0 Å². The Kier molecular flexibility index (Phi) is 3.78. The molecule has 1 aromatic rings. The highest BCUT2D eigenvalue weighted by Gasteiger charge is 2.57. The first-order valence-electron chi connectivity index (χ1n) is 7.21. The number of carbonyl (C=O) groups excluding carboxylic acids is 2. The van der Waals surface area contributed by atoms with Gasteiger partial charge in [-0.05, 0) is 43.9 Å². The molecular formula is C15H14ClF3N2O2. The molecule has 8 heteroatoms. The summed E-state index contributed by atoms with van der Waals surface area (Å²) in [6, 6.07) is 2.80. The lowest BCUT2D eigenvalue weighted by atomic mass is 10.0. The van der Waals surface area contributed by atoms with Crippen molar-refractivity contribution in [2.75, 3.05) is 5.32 Å². The van der Waals surface area contributed by atoms with Crippen molar-refractivity contribution >= 4 is 29.1 Å².